The molecule has 6 nitrogen and oxygen atoms in total. The van der Waals surface area contributed by atoms with E-state index in [9.17, 15) is 4.39 Å². The number of rotatable bonds is 6. The van der Waals surface area contributed by atoms with Crippen LogP contribution in [0.5, 0.6) is 11.6 Å². The highest BCUT2D eigenvalue weighted by molar-refractivity contribution is 9.10. The first-order chi connectivity index (χ1) is 14.2. The number of halogens is 2. The van der Waals surface area contributed by atoms with Gasteiger partial charge in [-0.25, -0.2) is 14.1 Å². The van der Waals surface area contributed by atoms with Gasteiger partial charge in [-0.2, -0.15) is 0 Å². The molecule has 0 radical (unpaired) electrons. The molecule has 152 valence electrons. The predicted octanol–water partition coefficient (Wildman–Crippen LogP) is 4.73. The van der Waals surface area contributed by atoms with Crippen molar-refractivity contribution in [3.05, 3.63) is 40.5 Å². The van der Waals surface area contributed by atoms with Gasteiger partial charge in [0.25, 0.3) is 0 Å². The normalized spacial score (nSPS) is 20.3. The highest BCUT2D eigenvalue weighted by Crippen LogP contribution is 2.37. The lowest BCUT2D eigenvalue weighted by Crippen LogP contribution is -2.35. The lowest BCUT2D eigenvalue weighted by Gasteiger charge is -2.29. The first-order valence-electron chi connectivity index (χ1n) is 10.2. The van der Waals surface area contributed by atoms with Gasteiger partial charge in [0.15, 0.2) is 0 Å². The monoisotopic (exact) mass is 459 g/mol. The molecule has 3 aromatic rings. The average Bonchev–Trinajstić information content (AvgIpc) is 3.44. The summed E-state index contributed by atoms with van der Waals surface area (Å²) in [5, 5.41) is 8.65. The second kappa shape index (κ2) is 7.99. The van der Waals surface area contributed by atoms with Crippen molar-refractivity contribution in [1.29, 1.82) is 0 Å². The number of pyridine rings is 1. The summed E-state index contributed by atoms with van der Waals surface area (Å²) >= 11 is 3.64. The van der Waals surface area contributed by atoms with Gasteiger partial charge in [-0.05, 0) is 72.3 Å². The quantitative estimate of drug-likeness (QED) is 0.533. The molecule has 3 heterocycles. The van der Waals surface area contributed by atoms with Crippen LogP contribution in [0.15, 0.2) is 34.9 Å². The Hall–Kier alpha value is -2.06. The van der Waals surface area contributed by atoms with Crippen molar-refractivity contribution < 1.29 is 9.13 Å². The summed E-state index contributed by atoms with van der Waals surface area (Å²) in [7, 11) is 0. The zero-order valence-corrected chi connectivity index (χ0v) is 17.7. The summed E-state index contributed by atoms with van der Waals surface area (Å²) in [6.07, 6.45) is 5.04. The Labute approximate surface area is 177 Å². The van der Waals surface area contributed by atoms with Gasteiger partial charge in [0.2, 0.25) is 5.88 Å². The van der Waals surface area contributed by atoms with E-state index in [2.05, 4.69) is 36.1 Å². The Kier molecular flexibility index (Phi) is 5.22. The fraction of sp³-hybridized carbons (Fsp3) is 0.476. The third-order valence-corrected chi connectivity index (χ3v) is 6.38. The third-order valence-electron chi connectivity index (χ3n) is 5.62. The Bertz CT molecular complexity index is 1020. The number of fused-ring (bicyclic) bond motifs is 1. The van der Waals surface area contributed by atoms with Crippen LogP contribution in [0.25, 0.3) is 11.0 Å². The van der Waals surface area contributed by atoms with Gasteiger partial charge in [0.05, 0.1) is 9.99 Å². The first kappa shape index (κ1) is 18.9. The molecule has 2 aliphatic rings. The van der Waals surface area contributed by atoms with E-state index in [1.54, 1.807) is 6.20 Å². The van der Waals surface area contributed by atoms with Gasteiger partial charge >= 0.3 is 0 Å². The molecule has 0 bridgehead atoms. The number of benzene rings is 1. The second-order valence-corrected chi connectivity index (χ2v) is 8.80. The number of piperidine rings is 1. The standard InChI is InChI=1S/C21H23BrFN5O/c22-19-18(8-7-17-20(19)25-26-28(17)11-14-5-6-14)29-21-15(3-1-9-24-21)12-27-10-2-4-16(23)13-27/h1,3,7-9,14,16H,2,4-6,10-13H2. The van der Waals surface area contributed by atoms with Crippen LogP contribution >= 0.6 is 15.9 Å². The summed E-state index contributed by atoms with van der Waals surface area (Å²) in [4.78, 5) is 6.55. The van der Waals surface area contributed by atoms with Crippen LogP contribution in [0.2, 0.25) is 0 Å². The minimum Gasteiger partial charge on any atom is -0.437 e. The number of ether oxygens (including phenoxy) is 1. The molecule has 1 saturated heterocycles. The molecule has 0 N–H and O–H groups in total. The van der Waals surface area contributed by atoms with Crippen LogP contribution in [0.1, 0.15) is 31.2 Å². The molecule has 5 rings (SSSR count). The zero-order chi connectivity index (χ0) is 19.8. The Morgan fingerprint density at radius 2 is 2.10 bits per heavy atom. The molecule has 1 aromatic carbocycles. The van der Waals surface area contributed by atoms with E-state index < -0.39 is 6.17 Å². The largest absolute Gasteiger partial charge is 0.437 e. The van der Waals surface area contributed by atoms with E-state index in [-0.39, 0.29) is 0 Å². The van der Waals surface area contributed by atoms with Crippen LogP contribution in [-0.4, -0.2) is 44.1 Å². The number of alkyl halides is 1. The average molecular weight is 460 g/mol. The van der Waals surface area contributed by atoms with Crippen molar-refractivity contribution >= 4 is 27.0 Å². The smallest absolute Gasteiger partial charge is 0.223 e. The molecular weight excluding hydrogens is 437 g/mol. The van der Waals surface area contributed by atoms with Crippen molar-refractivity contribution in [2.24, 2.45) is 5.92 Å². The summed E-state index contributed by atoms with van der Waals surface area (Å²) in [5.41, 5.74) is 2.74. The van der Waals surface area contributed by atoms with Crippen molar-refractivity contribution in [3.63, 3.8) is 0 Å². The fourth-order valence-electron chi connectivity index (χ4n) is 3.87. The number of hydrogen-bond donors (Lipinski definition) is 0. The van der Waals surface area contributed by atoms with Crippen molar-refractivity contribution in [2.45, 2.75) is 44.9 Å². The molecule has 0 amide bonds. The van der Waals surface area contributed by atoms with E-state index in [0.29, 0.717) is 31.1 Å². The highest BCUT2D eigenvalue weighted by atomic mass is 79.9. The van der Waals surface area contributed by atoms with E-state index in [4.69, 9.17) is 4.74 Å². The topological polar surface area (TPSA) is 56.1 Å². The maximum absolute atomic E-state index is 13.8. The maximum atomic E-state index is 13.8. The Morgan fingerprint density at radius 1 is 1.21 bits per heavy atom. The number of aromatic nitrogens is 4. The summed E-state index contributed by atoms with van der Waals surface area (Å²) in [5.74, 6) is 1.92. The summed E-state index contributed by atoms with van der Waals surface area (Å²) in [6, 6.07) is 7.80. The molecule has 1 aliphatic carbocycles. The van der Waals surface area contributed by atoms with E-state index in [1.165, 1.54) is 12.8 Å². The van der Waals surface area contributed by atoms with Crippen LogP contribution in [0, 0.1) is 5.92 Å². The molecule has 2 fully saturated rings. The lowest BCUT2D eigenvalue weighted by atomic mass is 10.1. The molecular formula is C21H23BrFN5O. The molecule has 1 saturated carbocycles. The van der Waals surface area contributed by atoms with Gasteiger partial charge in [-0.1, -0.05) is 11.3 Å². The van der Waals surface area contributed by atoms with Crippen LogP contribution in [0.3, 0.4) is 0 Å². The van der Waals surface area contributed by atoms with Crippen molar-refractivity contribution in [2.75, 3.05) is 13.1 Å². The van der Waals surface area contributed by atoms with E-state index in [1.807, 2.05) is 28.9 Å². The number of nitrogens with zero attached hydrogens (tertiary/aromatic N) is 5. The second-order valence-electron chi connectivity index (χ2n) is 8.00. The van der Waals surface area contributed by atoms with Crippen LogP contribution in [-0.2, 0) is 13.1 Å². The van der Waals surface area contributed by atoms with E-state index >= 15 is 0 Å². The summed E-state index contributed by atoms with van der Waals surface area (Å²) in [6.45, 7) is 2.91. The Balaban J connectivity index is 1.38. The molecule has 1 aliphatic heterocycles. The maximum Gasteiger partial charge on any atom is 0.223 e. The van der Waals surface area contributed by atoms with Gasteiger partial charge in [0.1, 0.15) is 17.4 Å². The minimum absolute atomic E-state index is 0.466. The molecule has 29 heavy (non-hydrogen) atoms. The minimum atomic E-state index is -0.750. The molecule has 1 atom stereocenters. The summed E-state index contributed by atoms with van der Waals surface area (Å²) < 4.78 is 22.7. The van der Waals surface area contributed by atoms with Crippen LogP contribution in [0.4, 0.5) is 4.39 Å². The van der Waals surface area contributed by atoms with Gasteiger partial charge < -0.3 is 4.74 Å². The SMILES string of the molecule is FC1CCCN(Cc2cccnc2Oc2ccc3c(nnn3CC3CC3)c2Br)C1. The molecule has 8 heteroatoms. The molecule has 0 spiro atoms. The van der Waals surface area contributed by atoms with E-state index in [0.717, 1.165) is 46.5 Å². The predicted molar refractivity (Wildman–Crippen MR) is 112 cm³/mol. The van der Waals surface area contributed by atoms with Crippen molar-refractivity contribution in [3.8, 4) is 11.6 Å². The lowest BCUT2D eigenvalue weighted by molar-refractivity contribution is 0.132. The fourth-order valence-corrected chi connectivity index (χ4v) is 4.36. The van der Waals surface area contributed by atoms with Crippen LogP contribution < -0.4 is 4.74 Å². The number of likely N-dealkylation sites (tertiary alicyclic amines) is 1. The Morgan fingerprint density at radius 3 is 2.93 bits per heavy atom. The zero-order valence-electron chi connectivity index (χ0n) is 16.1. The highest BCUT2D eigenvalue weighted by Gasteiger charge is 2.24. The third kappa shape index (κ3) is 4.14. The number of hydrogen-bond acceptors (Lipinski definition) is 5. The molecule has 1 unspecified atom stereocenters. The van der Waals surface area contributed by atoms with Gasteiger partial charge in [0, 0.05) is 31.4 Å². The van der Waals surface area contributed by atoms with Gasteiger partial charge in [-0.15, -0.1) is 5.10 Å². The molecule has 2 aromatic heterocycles. The van der Waals surface area contributed by atoms with Gasteiger partial charge in [-0.3, -0.25) is 4.90 Å². The van der Waals surface area contributed by atoms with Crippen molar-refractivity contribution in [1.82, 2.24) is 24.9 Å². The first-order valence-corrected chi connectivity index (χ1v) is 11.0.